The van der Waals surface area contributed by atoms with Crippen molar-refractivity contribution in [1.82, 2.24) is 0 Å². The van der Waals surface area contributed by atoms with Crippen LogP contribution in [0.15, 0.2) is 48.5 Å². The van der Waals surface area contributed by atoms with Crippen molar-refractivity contribution in [3.05, 3.63) is 65.5 Å². The Morgan fingerprint density at radius 3 is 2.37 bits per heavy atom. The van der Waals surface area contributed by atoms with Crippen molar-refractivity contribution >= 4 is 11.6 Å². The molecule has 2 aromatic carbocycles. The van der Waals surface area contributed by atoms with Gasteiger partial charge in [0.15, 0.2) is 11.6 Å². The highest BCUT2D eigenvalue weighted by Gasteiger charge is 2.17. The van der Waals surface area contributed by atoms with E-state index < -0.39 is 18.0 Å². The lowest BCUT2D eigenvalue weighted by molar-refractivity contribution is 0.0892. The summed E-state index contributed by atoms with van der Waals surface area (Å²) in [6.07, 6.45) is -0.402. The van der Waals surface area contributed by atoms with Crippen molar-refractivity contribution < 1.29 is 19.1 Å². The van der Waals surface area contributed by atoms with Crippen LogP contribution in [-0.4, -0.2) is 16.7 Å². The van der Waals surface area contributed by atoms with Gasteiger partial charge < -0.3 is 5.11 Å². The van der Waals surface area contributed by atoms with Crippen molar-refractivity contribution in [3.8, 4) is 5.75 Å². The van der Waals surface area contributed by atoms with Gasteiger partial charge in [-0.15, -0.1) is 0 Å². The van der Waals surface area contributed by atoms with E-state index in [1.807, 2.05) is 0 Å². The average Bonchev–Trinajstić information content (AvgIpc) is 2.42. The summed E-state index contributed by atoms with van der Waals surface area (Å²) in [4.78, 5) is 23.7. The normalized spacial score (nSPS) is 10.2. The highest BCUT2D eigenvalue weighted by atomic mass is 19.1. The summed E-state index contributed by atoms with van der Waals surface area (Å²) in [7, 11) is 0. The van der Waals surface area contributed by atoms with Gasteiger partial charge in [0.05, 0.1) is 12.0 Å². The number of Topliss-reactive ketones (excluding diaryl/α,β-unsaturated/α-hetero) is 2. The first-order valence-electron chi connectivity index (χ1n) is 5.68. The molecule has 0 aliphatic carbocycles. The summed E-state index contributed by atoms with van der Waals surface area (Å²) in [5.41, 5.74) is 0.232. The van der Waals surface area contributed by atoms with Gasteiger partial charge in [0.1, 0.15) is 11.6 Å². The monoisotopic (exact) mass is 258 g/mol. The third kappa shape index (κ3) is 3.04. The molecule has 0 fully saturated rings. The van der Waals surface area contributed by atoms with E-state index in [0.29, 0.717) is 5.56 Å². The van der Waals surface area contributed by atoms with Gasteiger partial charge in [-0.05, 0) is 18.2 Å². The first-order chi connectivity index (χ1) is 9.08. The zero-order chi connectivity index (χ0) is 13.8. The largest absolute Gasteiger partial charge is 0.507 e. The maximum Gasteiger partial charge on any atom is 0.174 e. The second kappa shape index (κ2) is 5.44. The first-order valence-corrected chi connectivity index (χ1v) is 5.68. The van der Waals surface area contributed by atoms with E-state index in [2.05, 4.69) is 0 Å². The van der Waals surface area contributed by atoms with Crippen molar-refractivity contribution in [1.29, 1.82) is 0 Å². The topological polar surface area (TPSA) is 54.4 Å². The smallest absolute Gasteiger partial charge is 0.174 e. The molecule has 0 spiro atoms. The Morgan fingerprint density at radius 1 is 1.00 bits per heavy atom. The number of phenols is 1. The Labute approximate surface area is 109 Å². The van der Waals surface area contributed by atoms with Crippen LogP contribution in [0.3, 0.4) is 0 Å². The summed E-state index contributed by atoms with van der Waals surface area (Å²) in [6, 6.07) is 11.4. The molecule has 19 heavy (non-hydrogen) atoms. The Hall–Kier alpha value is -2.49. The summed E-state index contributed by atoms with van der Waals surface area (Å²) in [5.74, 6) is -1.93. The minimum Gasteiger partial charge on any atom is -0.507 e. The van der Waals surface area contributed by atoms with E-state index in [1.54, 1.807) is 30.3 Å². The fourth-order valence-electron chi connectivity index (χ4n) is 1.70. The quantitative estimate of drug-likeness (QED) is 0.677. The SMILES string of the molecule is O=C(CC(=O)c1cc(F)ccc1O)c1ccccc1. The van der Waals surface area contributed by atoms with E-state index >= 15 is 0 Å². The molecule has 0 bridgehead atoms. The minimum atomic E-state index is -0.631. The number of rotatable bonds is 4. The zero-order valence-corrected chi connectivity index (χ0v) is 9.97. The molecule has 1 N–H and O–H groups in total. The van der Waals surface area contributed by atoms with Gasteiger partial charge >= 0.3 is 0 Å². The predicted molar refractivity (Wildman–Crippen MR) is 67.8 cm³/mol. The van der Waals surface area contributed by atoms with Gasteiger partial charge in [-0.3, -0.25) is 9.59 Å². The van der Waals surface area contributed by atoms with Crippen LogP contribution in [0.4, 0.5) is 4.39 Å². The number of hydrogen-bond donors (Lipinski definition) is 1. The number of benzene rings is 2. The molecule has 0 aliphatic rings. The van der Waals surface area contributed by atoms with Crippen LogP contribution in [0, 0.1) is 5.82 Å². The fourth-order valence-corrected chi connectivity index (χ4v) is 1.70. The van der Waals surface area contributed by atoms with Crippen LogP contribution in [0.25, 0.3) is 0 Å². The summed E-state index contributed by atoms with van der Waals surface area (Å²) in [6.45, 7) is 0. The maximum absolute atomic E-state index is 13.0. The Morgan fingerprint density at radius 2 is 1.68 bits per heavy atom. The second-order valence-corrected chi connectivity index (χ2v) is 4.05. The highest BCUT2D eigenvalue weighted by Crippen LogP contribution is 2.20. The van der Waals surface area contributed by atoms with E-state index in [-0.39, 0.29) is 17.1 Å². The van der Waals surface area contributed by atoms with Gasteiger partial charge in [0.2, 0.25) is 0 Å². The Bertz CT molecular complexity index is 621. The van der Waals surface area contributed by atoms with Gasteiger partial charge in [-0.2, -0.15) is 0 Å². The Kier molecular flexibility index (Phi) is 3.71. The molecule has 0 saturated carbocycles. The van der Waals surface area contributed by atoms with Crippen LogP contribution in [-0.2, 0) is 0 Å². The number of phenolic OH excluding ortho intramolecular Hbond substituents is 1. The van der Waals surface area contributed by atoms with Gasteiger partial charge in [-0.1, -0.05) is 30.3 Å². The van der Waals surface area contributed by atoms with Gasteiger partial charge in [-0.25, -0.2) is 4.39 Å². The zero-order valence-electron chi connectivity index (χ0n) is 9.97. The highest BCUT2D eigenvalue weighted by molar-refractivity contribution is 6.14. The number of aromatic hydroxyl groups is 1. The standard InChI is InChI=1S/C15H11FO3/c16-11-6-7-13(17)12(8-11)15(19)9-14(18)10-4-2-1-3-5-10/h1-8,17H,9H2. The van der Waals surface area contributed by atoms with Crippen LogP contribution in [0.2, 0.25) is 0 Å². The van der Waals surface area contributed by atoms with Crippen molar-refractivity contribution in [3.63, 3.8) is 0 Å². The van der Waals surface area contributed by atoms with Crippen LogP contribution in [0.1, 0.15) is 27.1 Å². The Balaban J connectivity index is 2.18. The van der Waals surface area contributed by atoms with Crippen LogP contribution in [0.5, 0.6) is 5.75 Å². The molecule has 3 nitrogen and oxygen atoms in total. The molecular weight excluding hydrogens is 247 g/mol. The molecule has 0 aliphatic heterocycles. The summed E-state index contributed by atoms with van der Waals surface area (Å²) < 4.78 is 13.0. The molecule has 0 radical (unpaired) electrons. The van der Waals surface area contributed by atoms with Gasteiger partial charge in [0, 0.05) is 5.56 Å². The lowest BCUT2D eigenvalue weighted by Gasteiger charge is -2.04. The first kappa shape index (κ1) is 13.0. The number of carbonyl (C=O) groups is 2. The average molecular weight is 258 g/mol. The minimum absolute atomic E-state index is 0.177. The molecule has 2 rings (SSSR count). The molecule has 4 heteroatoms. The van der Waals surface area contributed by atoms with Crippen molar-refractivity contribution in [2.45, 2.75) is 6.42 Å². The van der Waals surface area contributed by atoms with Crippen molar-refractivity contribution in [2.24, 2.45) is 0 Å². The number of halogens is 1. The van der Waals surface area contributed by atoms with E-state index in [4.69, 9.17) is 0 Å². The van der Waals surface area contributed by atoms with Crippen LogP contribution >= 0.6 is 0 Å². The number of carbonyl (C=O) groups excluding carboxylic acids is 2. The molecule has 0 saturated heterocycles. The molecule has 96 valence electrons. The maximum atomic E-state index is 13.0. The second-order valence-electron chi connectivity index (χ2n) is 4.05. The lowest BCUT2D eigenvalue weighted by atomic mass is 10.0. The third-order valence-corrected chi connectivity index (χ3v) is 2.68. The third-order valence-electron chi connectivity index (χ3n) is 2.68. The molecule has 0 heterocycles. The lowest BCUT2D eigenvalue weighted by Crippen LogP contribution is -2.09. The number of hydrogen-bond acceptors (Lipinski definition) is 3. The molecule has 0 atom stereocenters. The molecule has 2 aromatic rings. The van der Waals surface area contributed by atoms with E-state index in [1.165, 1.54) is 0 Å². The molecule has 0 aromatic heterocycles. The van der Waals surface area contributed by atoms with Crippen LogP contribution < -0.4 is 0 Å². The summed E-state index contributed by atoms with van der Waals surface area (Å²) >= 11 is 0. The van der Waals surface area contributed by atoms with E-state index in [9.17, 15) is 19.1 Å². The van der Waals surface area contributed by atoms with E-state index in [0.717, 1.165) is 18.2 Å². The molecule has 0 amide bonds. The molecule has 0 unspecified atom stereocenters. The predicted octanol–water partition coefficient (Wildman–Crippen LogP) is 2.99. The molecular formula is C15H11FO3. The number of ketones is 2. The summed E-state index contributed by atoms with van der Waals surface area (Å²) in [5, 5.41) is 9.49. The fraction of sp³-hybridized carbons (Fsp3) is 0.0667. The van der Waals surface area contributed by atoms with Crippen molar-refractivity contribution in [2.75, 3.05) is 0 Å². The van der Waals surface area contributed by atoms with Gasteiger partial charge in [0.25, 0.3) is 0 Å².